The van der Waals surface area contributed by atoms with E-state index >= 15 is 0 Å². The molecule has 0 spiro atoms. The fourth-order valence-electron chi connectivity index (χ4n) is 2.70. The van der Waals surface area contributed by atoms with Crippen LogP contribution in [0.2, 0.25) is 0 Å². The zero-order valence-electron chi connectivity index (χ0n) is 11.9. The van der Waals surface area contributed by atoms with Gasteiger partial charge in [0.15, 0.2) is 0 Å². The molecule has 114 valence electrons. The molecule has 7 nitrogen and oxygen atoms in total. The molecule has 1 heterocycles. The van der Waals surface area contributed by atoms with Crippen molar-refractivity contribution in [3.63, 3.8) is 0 Å². The first-order valence-electron chi connectivity index (χ1n) is 6.56. The van der Waals surface area contributed by atoms with Crippen LogP contribution in [0.4, 0.5) is 5.69 Å². The number of hydrogen-bond acceptors (Lipinski definition) is 5. The van der Waals surface area contributed by atoms with Crippen molar-refractivity contribution in [2.24, 2.45) is 5.41 Å². The summed E-state index contributed by atoms with van der Waals surface area (Å²) in [4.78, 5) is 22.1. The quantitative estimate of drug-likeness (QED) is 0.659. The van der Waals surface area contributed by atoms with Crippen LogP contribution in [0.5, 0.6) is 5.75 Å². The first-order valence-corrected chi connectivity index (χ1v) is 6.56. The van der Waals surface area contributed by atoms with E-state index in [9.17, 15) is 20.0 Å². The van der Waals surface area contributed by atoms with Gasteiger partial charge >= 0.3 is 5.97 Å². The molecule has 2 unspecified atom stereocenters. The Balaban J connectivity index is 2.39. The second-order valence-electron chi connectivity index (χ2n) is 5.20. The molecule has 0 amide bonds. The van der Waals surface area contributed by atoms with Crippen LogP contribution in [-0.4, -0.2) is 35.8 Å². The van der Waals surface area contributed by atoms with E-state index in [1.165, 1.54) is 19.2 Å². The van der Waals surface area contributed by atoms with Gasteiger partial charge in [0.05, 0.1) is 29.6 Å². The summed E-state index contributed by atoms with van der Waals surface area (Å²) in [5, 5.41) is 20.5. The number of carboxylic acids is 1. The molecule has 0 bridgehead atoms. The predicted molar refractivity (Wildman–Crippen MR) is 73.5 cm³/mol. The number of methoxy groups -OCH3 is 1. The van der Waals surface area contributed by atoms with Gasteiger partial charge in [-0.1, -0.05) is 0 Å². The average molecular weight is 295 g/mol. The van der Waals surface area contributed by atoms with E-state index in [0.717, 1.165) is 0 Å². The summed E-state index contributed by atoms with van der Waals surface area (Å²) < 4.78 is 10.4. The lowest BCUT2D eigenvalue weighted by molar-refractivity contribution is -0.385. The first kappa shape index (κ1) is 15.2. The Hall–Kier alpha value is -2.15. The minimum atomic E-state index is -1.06. The Morgan fingerprint density at radius 3 is 2.76 bits per heavy atom. The van der Waals surface area contributed by atoms with Crippen LogP contribution in [0.3, 0.4) is 0 Å². The maximum Gasteiger partial charge on any atom is 0.312 e. The third-order valence-corrected chi connectivity index (χ3v) is 4.04. The monoisotopic (exact) mass is 295 g/mol. The Kier molecular flexibility index (Phi) is 4.13. The number of aliphatic carboxylic acids is 1. The lowest BCUT2D eigenvalue weighted by atomic mass is 9.76. The van der Waals surface area contributed by atoms with Crippen LogP contribution in [0.25, 0.3) is 0 Å². The number of carboxylic acid groups (broad SMARTS) is 1. The van der Waals surface area contributed by atoms with E-state index in [-0.39, 0.29) is 12.1 Å². The van der Waals surface area contributed by atoms with Crippen molar-refractivity contribution < 1.29 is 24.3 Å². The zero-order valence-corrected chi connectivity index (χ0v) is 11.9. The molecule has 1 N–H and O–H groups in total. The lowest BCUT2D eigenvalue weighted by Gasteiger charge is -2.27. The maximum atomic E-state index is 11.7. The largest absolute Gasteiger partial charge is 0.496 e. The lowest BCUT2D eigenvalue weighted by Crippen LogP contribution is -2.39. The van der Waals surface area contributed by atoms with Crippen molar-refractivity contribution in [3.05, 3.63) is 33.9 Å². The molecular weight excluding hydrogens is 278 g/mol. The Morgan fingerprint density at radius 2 is 2.29 bits per heavy atom. The molecule has 21 heavy (non-hydrogen) atoms. The van der Waals surface area contributed by atoms with Crippen molar-refractivity contribution >= 4 is 11.7 Å². The van der Waals surface area contributed by atoms with Crippen LogP contribution in [0, 0.1) is 15.5 Å². The molecule has 1 saturated heterocycles. The summed E-state index contributed by atoms with van der Waals surface area (Å²) in [6.07, 6.45) is 0.107. The second-order valence-corrected chi connectivity index (χ2v) is 5.20. The molecule has 1 aliphatic rings. The van der Waals surface area contributed by atoms with Crippen LogP contribution < -0.4 is 4.74 Å². The van der Waals surface area contributed by atoms with Gasteiger partial charge in [0.1, 0.15) is 5.75 Å². The molecule has 0 radical (unpaired) electrons. The molecule has 1 aromatic rings. The van der Waals surface area contributed by atoms with E-state index in [4.69, 9.17) is 9.47 Å². The van der Waals surface area contributed by atoms with Crippen molar-refractivity contribution in [2.75, 3.05) is 13.7 Å². The van der Waals surface area contributed by atoms with Gasteiger partial charge in [-0.3, -0.25) is 14.9 Å². The van der Waals surface area contributed by atoms with Gasteiger partial charge in [-0.2, -0.15) is 0 Å². The zero-order chi connectivity index (χ0) is 15.6. The van der Waals surface area contributed by atoms with Gasteiger partial charge in [-0.15, -0.1) is 0 Å². The normalized spacial score (nSPS) is 24.8. The van der Waals surface area contributed by atoms with Crippen LogP contribution in [0.15, 0.2) is 18.2 Å². The molecule has 0 saturated carbocycles. The third-order valence-electron chi connectivity index (χ3n) is 4.04. The molecular formula is C14H17NO6. The Morgan fingerprint density at radius 1 is 1.57 bits per heavy atom. The van der Waals surface area contributed by atoms with E-state index < -0.39 is 22.4 Å². The fraction of sp³-hybridized carbons (Fsp3) is 0.500. The number of hydrogen-bond donors (Lipinski definition) is 1. The Bertz CT molecular complexity index is 573. The van der Waals surface area contributed by atoms with Crippen molar-refractivity contribution in [2.45, 2.75) is 25.9 Å². The number of rotatable bonds is 5. The highest BCUT2D eigenvalue weighted by molar-refractivity contribution is 5.76. The van der Waals surface area contributed by atoms with Crippen LogP contribution in [0.1, 0.15) is 18.9 Å². The molecule has 1 aliphatic heterocycles. The fourth-order valence-corrected chi connectivity index (χ4v) is 2.70. The smallest absolute Gasteiger partial charge is 0.312 e. The number of ether oxygens (including phenoxy) is 2. The minimum absolute atomic E-state index is 0.114. The number of carbonyl (C=O) groups is 1. The van der Waals surface area contributed by atoms with Gasteiger partial charge in [0.25, 0.3) is 5.69 Å². The van der Waals surface area contributed by atoms with Gasteiger partial charge in [0.2, 0.25) is 0 Å². The highest BCUT2D eigenvalue weighted by Gasteiger charge is 2.48. The molecule has 2 rings (SSSR count). The van der Waals surface area contributed by atoms with Gasteiger partial charge in [-0.25, -0.2) is 0 Å². The molecule has 0 aliphatic carbocycles. The Labute approximate surface area is 121 Å². The topological polar surface area (TPSA) is 98.9 Å². The molecule has 7 heteroatoms. The summed E-state index contributed by atoms with van der Waals surface area (Å²) in [7, 11) is 1.41. The summed E-state index contributed by atoms with van der Waals surface area (Å²) in [6.45, 7) is 2.09. The predicted octanol–water partition coefficient (Wildman–Crippen LogP) is 2.03. The van der Waals surface area contributed by atoms with E-state index in [2.05, 4.69) is 0 Å². The van der Waals surface area contributed by atoms with E-state index in [1.54, 1.807) is 13.0 Å². The molecule has 2 atom stereocenters. The van der Waals surface area contributed by atoms with E-state index in [0.29, 0.717) is 24.3 Å². The van der Waals surface area contributed by atoms with Crippen molar-refractivity contribution in [1.29, 1.82) is 0 Å². The maximum absolute atomic E-state index is 11.7. The number of nitro benzene ring substituents is 1. The number of nitro groups is 1. The minimum Gasteiger partial charge on any atom is -0.496 e. The summed E-state index contributed by atoms with van der Waals surface area (Å²) in [5.41, 5.74) is -0.613. The van der Waals surface area contributed by atoms with Gasteiger partial charge < -0.3 is 14.6 Å². The van der Waals surface area contributed by atoms with Gasteiger partial charge in [-0.05, 0) is 31.4 Å². The number of nitrogens with zero attached hydrogens (tertiary/aromatic N) is 1. The summed E-state index contributed by atoms with van der Waals surface area (Å²) >= 11 is 0. The van der Waals surface area contributed by atoms with E-state index in [1.807, 2.05) is 0 Å². The standard InChI is InChI=1S/C14H17NO6/c1-9-14(13(16)17,3-4-21-9)8-10-5-11(15(18)19)7-12(6-10)20-2/h5-7,9H,3-4,8H2,1-2H3,(H,16,17). The van der Waals surface area contributed by atoms with Crippen molar-refractivity contribution in [3.8, 4) is 5.75 Å². The average Bonchev–Trinajstić information content (AvgIpc) is 2.80. The van der Waals surface area contributed by atoms with Crippen LogP contribution >= 0.6 is 0 Å². The highest BCUT2D eigenvalue weighted by Crippen LogP contribution is 2.39. The number of benzene rings is 1. The molecule has 1 aromatic carbocycles. The second kappa shape index (κ2) is 5.69. The highest BCUT2D eigenvalue weighted by atomic mass is 16.6. The van der Waals surface area contributed by atoms with Gasteiger partial charge in [0, 0.05) is 12.7 Å². The summed E-state index contributed by atoms with van der Waals surface area (Å²) in [5.74, 6) is -0.607. The van der Waals surface area contributed by atoms with Crippen LogP contribution in [-0.2, 0) is 16.0 Å². The third kappa shape index (κ3) is 2.82. The van der Waals surface area contributed by atoms with Crippen molar-refractivity contribution in [1.82, 2.24) is 0 Å². The SMILES string of the molecule is COc1cc(CC2(C(=O)O)CCOC2C)cc([N+](=O)[O-])c1. The number of non-ortho nitro benzene ring substituents is 1. The summed E-state index contributed by atoms with van der Waals surface area (Å²) in [6, 6.07) is 4.33. The molecule has 1 fully saturated rings. The first-order chi connectivity index (χ1) is 9.89. The molecule has 0 aromatic heterocycles.